The summed E-state index contributed by atoms with van der Waals surface area (Å²) in [5, 5.41) is 13.1. The summed E-state index contributed by atoms with van der Waals surface area (Å²) in [7, 11) is 1.63. The Morgan fingerprint density at radius 1 is 1.32 bits per heavy atom. The van der Waals surface area contributed by atoms with E-state index in [-0.39, 0.29) is 12.0 Å². The molecule has 2 N–H and O–H groups in total. The molecule has 0 atom stereocenters. The van der Waals surface area contributed by atoms with Crippen LogP contribution in [0.3, 0.4) is 0 Å². The van der Waals surface area contributed by atoms with Gasteiger partial charge in [-0.3, -0.25) is 0 Å². The predicted molar refractivity (Wildman–Crippen MR) is 75.1 cm³/mol. The van der Waals surface area contributed by atoms with Crippen molar-refractivity contribution in [2.45, 2.75) is 38.6 Å². The Kier molecular flexibility index (Phi) is 5.16. The molecule has 106 valence electrons. The lowest BCUT2D eigenvalue weighted by Gasteiger charge is -2.35. The van der Waals surface area contributed by atoms with E-state index in [1.165, 1.54) is 19.3 Å². The van der Waals surface area contributed by atoms with Gasteiger partial charge in [0.1, 0.15) is 0 Å². The average Bonchev–Trinajstić information content (AvgIpc) is 2.48. The van der Waals surface area contributed by atoms with Gasteiger partial charge in [0.05, 0.1) is 12.8 Å². The topological polar surface area (TPSA) is 54.4 Å². The number of methoxy groups -OCH3 is 1. The molecule has 1 aliphatic rings. The maximum atomic E-state index is 9.65. The van der Waals surface area contributed by atoms with E-state index in [2.05, 4.69) is 10.3 Å². The van der Waals surface area contributed by atoms with Gasteiger partial charge in [0.25, 0.3) is 0 Å². The van der Waals surface area contributed by atoms with Crippen molar-refractivity contribution < 1.29 is 9.84 Å². The highest BCUT2D eigenvalue weighted by molar-refractivity contribution is 5.15. The Morgan fingerprint density at radius 2 is 2.11 bits per heavy atom. The number of hydrogen-bond acceptors (Lipinski definition) is 4. The standard InChI is InChI=1S/C15H24N2O2/c1-19-14-7-5-6-13(17-14)10-16-11-15(12-18)8-3-2-4-9-15/h5-7,16,18H,2-4,8-12H2,1H3. The number of aliphatic hydroxyl groups is 1. The summed E-state index contributed by atoms with van der Waals surface area (Å²) in [6.07, 6.45) is 6.03. The van der Waals surface area contributed by atoms with Gasteiger partial charge in [-0.05, 0) is 18.9 Å². The van der Waals surface area contributed by atoms with Crippen molar-refractivity contribution in [3.63, 3.8) is 0 Å². The second-order valence-electron chi connectivity index (χ2n) is 5.49. The van der Waals surface area contributed by atoms with Gasteiger partial charge in [0, 0.05) is 31.2 Å². The molecule has 1 aliphatic carbocycles. The molecule has 0 saturated heterocycles. The Labute approximate surface area is 115 Å². The van der Waals surface area contributed by atoms with E-state index in [4.69, 9.17) is 4.74 Å². The highest BCUT2D eigenvalue weighted by atomic mass is 16.5. The lowest BCUT2D eigenvalue weighted by atomic mass is 9.74. The van der Waals surface area contributed by atoms with Crippen molar-refractivity contribution in [3.8, 4) is 5.88 Å². The molecule has 1 aromatic heterocycles. The van der Waals surface area contributed by atoms with Crippen LogP contribution in [0.25, 0.3) is 0 Å². The zero-order valence-corrected chi connectivity index (χ0v) is 11.7. The molecule has 19 heavy (non-hydrogen) atoms. The van der Waals surface area contributed by atoms with Crippen LogP contribution in [0.2, 0.25) is 0 Å². The number of ether oxygens (including phenoxy) is 1. The summed E-state index contributed by atoms with van der Waals surface area (Å²) < 4.78 is 5.11. The van der Waals surface area contributed by atoms with Gasteiger partial charge in [-0.25, -0.2) is 4.98 Å². The van der Waals surface area contributed by atoms with E-state index in [1.54, 1.807) is 7.11 Å². The van der Waals surface area contributed by atoms with Crippen LogP contribution in [-0.4, -0.2) is 30.4 Å². The first-order chi connectivity index (χ1) is 9.28. The molecule has 0 radical (unpaired) electrons. The van der Waals surface area contributed by atoms with E-state index >= 15 is 0 Å². The second kappa shape index (κ2) is 6.87. The molecule has 0 spiro atoms. The molecule has 1 fully saturated rings. The molecular formula is C15H24N2O2. The van der Waals surface area contributed by atoms with Crippen molar-refractivity contribution in [2.24, 2.45) is 5.41 Å². The fourth-order valence-electron chi connectivity index (χ4n) is 2.82. The van der Waals surface area contributed by atoms with Crippen molar-refractivity contribution >= 4 is 0 Å². The predicted octanol–water partition coefficient (Wildman–Crippen LogP) is 2.12. The lowest BCUT2D eigenvalue weighted by molar-refractivity contribution is 0.0809. The SMILES string of the molecule is COc1cccc(CNCC2(CO)CCCCC2)n1. The minimum Gasteiger partial charge on any atom is -0.481 e. The Bertz CT molecular complexity index is 389. The zero-order valence-electron chi connectivity index (χ0n) is 11.7. The summed E-state index contributed by atoms with van der Waals surface area (Å²) in [6, 6.07) is 5.78. The van der Waals surface area contributed by atoms with Crippen LogP contribution in [0.15, 0.2) is 18.2 Å². The number of nitrogens with one attached hydrogen (secondary N) is 1. The van der Waals surface area contributed by atoms with Crippen LogP contribution < -0.4 is 10.1 Å². The Morgan fingerprint density at radius 3 is 2.79 bits per heavy atom. The van der Waals surface area contributed by atoms with Crippen LogP contribution in [0, 0.1) is 5.41 Å². The fraction of sp³-hybridized carbons (Fsp3) is 0.667. The van der Waals surface area contributed by atoms with Crippen LogP contribution in [0.4, 0.5) is 0 Å². The molecule has 2 rings (SSSR count). The molecule has 0 bridgehead atoms. The van der Waals surface area contributed by atoms with Crippen molar-refractivity contribution in [3.05, 3.63) is 23.9 Å². The monoisotopic (exact) mass is 264 g/mol. The minimum absolute atomic E-state index is 0.0805. The molecule has 0 aromatic carbocycles. The molecule has 0 aliphatic heterocycles. The highest BCUT2D eigenvalue weighted by Gasteiger charge is 2.30. The number of rotatable bonds is 6. The third kappa shape index (κ3) is 3.91. The molecule has 1 heterocycles. The number of aliphatic hydroxyl groups excluding tert-OH is 1. The van der Waals surface area contributed by atoms with Crippen molar-refractivity contribution in [1.82, 2.24) is 10.3 Å². The fourth-order valence-corrected chi connectivity index (χ4v) is 2.82. The van der Waals surface area contributed by atoms with Crippen molar-refractivity contribution in [2.75, 3.05) is 20.3 Å². The van der Waals surface area contributed by atoms with Crippen LogP contribution >= 0.6 is 0 Å². The summed E-state index contributed by atoms with van der Waals surface area (Å²) in [4.78, 5) is 4.38. The van der Waals surface area contributed by atoms with E-state index in [0.29, 0.717) is 5.88 Å². The zero-order chi connectivity index (χ0) is 13.6. The van der Waals surface area contributed by atoms with Gasteiger partial charge >= 0.3 is 0 Å². The average molecular weight is 264 g/mol. The Hall–Kier alpha value is -1.13. The van der Waals surface area contributed by atoms with Gasteiger partial charge in [0.15, 0.2) is 0 Å². The largest absolute Gasteiger partial charge is 0.481 e. The summed E-state index contributed by atoms with van der Waals surface area (Å²) in [5.41, 5.74) is 1.06. The third-order valence-electron chi connectivity index (χ3n) is 4.05. The summed E-state index contributed by atoms with van der Waals surface area (Å²) in [5.74, 6) is 0.647. The second-order valence-corrected chi connectivity index (χ2v) is 5.49. The first kappa shape index (κ1) is 14.3. The third-order valence-corrected chi connectivity index (χ3v) is 4.05. The van der Waals surface area contributed by atoms with Crippen molar-refractivity contribution in [1.29, 1.82) is 0 Å². The molecule has 1 aromatic rings. The van der Waals surface area contributed by atoms with Gasteiger partial charge in [0.2, 0.25) is 5.88 Å². The molecule has 0 amide bonds. The molecule has 0 unspecified atom stereocenters. The summed E-state index contributed by atoms with van der Waals surface area (Å²) >= 11 is 0. The number of pyridine rings is 1. The van der Waals surface area contributed by atoms with Crippen LogP contribution in [-0.2, 0) is 6.54 Å². The maximum absolute atomic E-state index is 9.65. The lowest BCUT2D eigenvalue weighted by Crippen LogP contribution is -2.38. The summed E-state index contributed by atoms with van der Waals surface area (Å²) in [6.45, 7) is 1.87. The van der Waals surface area contributed by atoms with Gasteiger partial charge in [-0.2, -0.15) is 0 Å². The maximum Gasteiger partial charge on any atom is 0.213 e. The first-order valence-electron chi connectivity index (χ1n) is 7.09. The highest BCUT2D eigenvalue weighted by Crippen LogP contribution is 2.35. The van der Waals surface area contributed by atoms with E-state index < -0.39 is 0 Å². The van der Waals surface area contributed by atoms with Gasteiger partial charge in [-0.1, -0.05) is 25.3 Å². The van der Waals surface area contributed by atoms with Gasteiger partial charge < -0.3 is 15.2 Å². The molecule has 1 saturated carbocycles. The molecule has 4 nitrogen and oxygen atoms in total. The number of nitrogens with zero attached hydrogens (tertiary/aromatic N) is 1. The molecular weight excluding hydrogens is 240 g/mol. The minimum atomic E-state index is 0.0805. The van der Waals surface area contributed by atoms with Crippen LogP contribution in [0.1, 0.15) is 37.8 Å². The number of hydrogen-bond donors (Lipinski definition) is 2. The molecule has 4 heteroatoms. The quantitative estimate of drug-likeness (QED) is 0.826. The van der Waals surface area contributed by atoms with Gasteiger partial charge in [-0.15, -0.1) is 0 Å². The van der Waals surface area contributed by atoms with E-state index in [0.717, 1.165) is 31.6 Å². The Balaban J connectivity index is 1.84. The van der Waals surface area contributed by atoms with E-state index in [9.17, 15) is 5.11 Å². The smallest absolute Gasteiger partial charge is 0.213 e. The van der Waals surface area contributed by atoms with E-state index in [1.807, 2.05) is 18.2 Å². The number of aromatic nitrogens is 1. The van der Waals surface area contributed by atoms with Crippen LogP contribution in [0.5, 0.6) is 5.88 Å². The first-order valence-corrected chi connectivity index (χ1v) is 7.09. The normalized spacial score (nSPS) is 18.2.